The molecule has 4 amide bonds. The summed E-state index contributed by atoms with van der Waals surface area (Å²) in [5.74, 6) is 0.702. The van der Waals surface area contributed by atoms with Crippen molar-refractivity contribution in [3.05, 3.63) is 23.8 Å². The van der Waals surface area contributed by atoms with E-state index in [-0.39, 0.29) is 24.4 Å². The van der Waals surface area contributed by atoms with Crippen molar-refractivity contribution in [1.82, 2.24) is 15.5 Å². The van der Waals surface area contributed by atoms with Crippen LogP contribution in [0.25, 0.3) is 0 Å². The maximum atomic E-state index is 13.0. The molecule has 1 aromatic rings. The van der Waals surface area contributed by atoms with Crippen molar-refractivity contribution >= 4 is 17.8 Å². The monoisotopic (exact) mass is 415 g/mol. The zero-order valence-electron chi connectivity index (χ0n) is 17.4. The van der Waals surface area contributed by atoms with Gasteiger partial charge >= 0.3 is 6.03 Å². The van der Waals surface area contributed by atoms with E-state index >= 15 is 0 Å². The number of fused-ring (bicyclic) bond motifs is 1. The summed E-state index contributed by atoms with van der Waals surface area (Å²) in [7, 11) is 0. The topological polar surface area (TPSA) is 97.0 Å². The Labute approximate surface area is 176 Å². The molecule has 2 N–H and O–H groups in total. The zero-order valence-corrected chi connectivity index (χ0v) is 17.4. The Bertz CT molecular complexity index is 832. The number of hydrogen-bond acceptors (Lipinski definition) is 5. The highest BCUT2D eigenvalue weighted by Crippen LogP contribution is 2.33. The fraction of sp³-hybridized carbons (Fsp3) is 0.591. The summed E-state index contributed by atoms with van der Waals surface area (Å²) in [6, 6.07) is 4.77. The third-order valence-corrected chi connectivity index (χ3v) is 6.20. The van der Waals surface area contributed by atoms with E-state index in [2.05, 4.69) is 10.6 Å². The van der Waals surface area contributed by atoms with Crippen molar-refractivity contribution in [2.24, 2.45) is 0 Å². The Morgan fingerprint density at radius 3 is 2.50 bits per heavy atom. The van der Waals surface area contributed by atoms with Gasteiger partial charge in [-0.15, -0.1) is 0 Å². The van der Waals surface area contributed by atoms with Gasteiger partial charge < -0.3 is 20.1 Å². The highest BCUT2D eigenvalue weighted by molar-refractivity contribution is 6.09. The van der Waals surface area contributed by atoms with Gasteiger partial charge in [0.1, 0.15) is 25.3 Å². The molecule has 162 valence electrons. The van der Waals surface area contributed by atoms with Gasteiger partial charge in [0, 0.05) is 0 Å². The molecule has 1 saturated heterocycles. The van der Waals surface area contributed by atoms with Crippen LogP contribution in [0.15, 0.2) is 18.2 Å². The first kappa shape index (κ1) is 20.5. The fourth-order valence-electron chi connectivity index (χ4n) is 4.51. The summed E-state index contributed by atoms with van der Waals surface area (Å²) in [5.41, 5.74) is 0.0282. The van der Waals surface area contributed by atoms with E-state index in [1.807, 2.05) is 25.1 Å². The highest BCUT2D eigenvalue weighted by atomic mass is 16.6. The van der Waals surface area contributed by atoms with Crippen LogP contribution in [-0.4, -0.2) is 48.0 Å². The minimum Gasteiger partial charge on any atom is -0.486 e. The average molecular weight is 415 g/mol. The van der Waals surface area contributed by atoms with Crippen molar-refractivity contribution in [2.45, 2.75) is 63.5 Å². The summed E-state index contributed by atoms with van der Waals surface area (Å²) < 4.78 is 11.1. The number of amides is 4. The minimum atomic E-state index is -0.834. The van der Waals surface area contributed by atoms with Crippen LogP contribution in [0.3, 0.4) is 0 Å². The van der Waals surface area contributed by atoms with Gasteiger partial charge in [0.2, 0.25) is 5.91 Å². The van der Waals surface area contributed by atoms with Gasteiger partial charge in [-0.05, 0) is 37.5 Å². The normalized spacial score (nSPS) is 21.6. The van der Waals surface area contributed by atoms with Crippen LogP contribution < -0.4 is 20.1 Å². The first-order chi connectivity index (χ1) is 14.5. The number of hydrogen-bond donors (Lipinski definition) is 2. The lowest BCUT2D eigenvalue weighted by Gasteiger charge is -2.28. The van der Waals surface area contributed by atoms with Crippen LogP contribution >= 0.6 is 0 Å². The molecule has 0 bridgehead atoms. The van der Waals surface area contributed by atoms with Gasteiger partial charge in [-0.25, -0.2) is 4.79 Å². The number of imide groups is 1. The Morgan fingerprint density at radius 2 is 1.77 bits per heavy atom. The number of carbonyl (C=O) groups excluding carboxylic acids is 3. The molecule has 8 nitrogen and oxygen atoms in total. The van der Waals surface area contributed by atoms with Crippen molar-refractivity contribution in [2.75, 3.05) is 19.8 Å². The standard InChI is InChI=1S/C22H29N3O5/c1-15(16-7-8-17-18(13-16)30-12-11-29-17)23-19(26)14-25-20(27)22(24-21(25)28)9-5-3-2-4-6-10-22/h7-8,13,15H,2-6,9-12,14H2,1H3,(H,23,26)(H,24,28). The first-order valence-corrected chi connectivity index (χ1v) is 10.8. The van der Waals surface area contributed by atoms with Gasteiger partial charge in [0.25, 0.3) is 5.91 Å². The molecule has 1 spiro atoms. The van der Waals surface area contributed by atoms with E-state index in [4.69, 9.17) is 9.47 Å². The van der Waals surface area contributed by atoms with Gasteiger partial charge in [-0.3, -0.25) is 14.5 Å². The molecule has 2 fully saturated rings. The number of ether oxygens (including phenoxy) is 2. The van der Waals surface area contributed by atoms with Gasteiger partial charge in [-0.1, -0.05) is 38.2 Å². The van der Waals surface area contributed by atoms with Crippen LogP contribution in [0.5, 0.6) is 11.5 Å². The predicted molar refractivity (Wildman–Crippen MR) is 109 cm³/mol. The second kappa shape index (κ2) is 8.53. The number of nitrogens with zero attached hydrogens (tertiary/aromatic N) is 1. The average Bonchev–Trinajstić information content (AvgIpc) is 2.95. The van der Waals surface area contributed by atoms with Crippen LogP contribution in [0, 0.1) is 0 Å². The lowest BCUT2D eigenvalue weighted by molar-refractivity contribution is -0.135. The number of nitrogens with one attached hydrogen (secondary N) is 2. The third-order valence-electron chi connectivity index (χ3n) is 6.20. The second-order valence-corrected chi connectivity index (χ2v) is 8.36. The number of benzene rings is 1. The Morgan fingerprint density at radius 1 is 1.10 bits per heavy atom. The van der Waals surface area contributed by atoms with E-state index in [0.29, 0.717) is 37.6 Å². The molecule has 1 aromatic carbocycles. The van der Waals surface area contributed by atoms with Crippen molar-refractivity contribution in [1.29, 1.82) is 0 Å². The summed E-state index contributed by atoms with van der Waals surface area (Å²) in [6.07, 6.45) is 6.41. The maximum absolute atomic E-state index is 13.0. The molecular weight excluding hydrogens is 386 g/mol. The molecule has 1 unspecified atom stereocenters. The molecule has 2 aliphatic heterocycles. The second-order valence-electron chi connectivity index (χ2n) is 8.36. The van der Waals surface area contributed by atoms with Gasteiger partial charge in [-0.2, -0.15) is 0 Å². The predicted octanol–water partition coefficient (Wildman–Crippen LogP) is 2.67. The smallest absolute Gasteiger partial charge is 0.325 e. The molecule has 0 radical (unpaired) electrons. The lowest BCUT2D eigenvalue weighted by Crippen LogP contribution is -2.48. The summed E-state index contributed by atoms with van der Waals surface area (Å²) in [4.78, 5) is 39.2. The van der Waals surface area contributed by atoms with Crippen LogP contribution in [0.2, 0.25) is 0 Å². The molecule has 1 atom stereocenters. The first-order valence-electron chi connectivity index (χ1n) is 10.8. The number of carbonyl (C=O) groups is 3. The molecule has 3 aliphatic rings. The Balaban J connectivity index is 1.38. The van der Waals surface area contributed by atoms with Crippen molar-refractivity contribution in [3.63, 3.8) is 0 Å². The van der Waals surface area contributed by atoms with E-state index in [1.165, 1.54) is 6.42 Å². The molecular formula is C22H29N3O5. The fourth-order valence-corrected chi connectivity index (χ4v) is 4.51. The number of urea groups is 1. The molecule has 30 heavy (non-hydrogen) atoms. The lowest BCUT2D eigenvalue weighted by atomic mass is 9.84. The minimum absolute atomic E-state index is 0.267. The number of rotatable bonds is 4. The molecule has 8 heteroatoms. The summed E-state index contributed by atoms with van der Waals surface area (Å²) >= 11 is 0. The van der Waals surface area contributed by atoms with Crippen LogP contribution in [0.4, 0.5) is 4.79 Å². The SMILES string of the molecule is CC(NC(=O)CN1C(=O)NC2(CCCCCCC2)C1=O)c1ccc2c(c1)OCCO2. The quantitative estimate of drug-likeness (QED) is 0.737. The van der Waals surface area contributed by atoms with E-state index in [0.717, 1.165) is 36.1 Å². The molecule has 1 aliphatic carbocycles. The van der Waals surface area contributed by atoms with Gasteiger partial charge in [0.05, 0.1) is 6.04 Å². The molecule has 2 heterocycles. The largest absolute Gasteiger partial charge is 0.486 e. The van der Waals surface area contributed by atoms with E-state index in [1.54, 1.807) is 0 Å². The summed E-state index contributed by atoms with van der Waals surface area (Å²) in [6.45, 7) is 2.59. The highest BCUT2D eigenvalue weighted by Gasteiger charge is 2.50. The van der Waals surface area contributed by atoms with E-state index < -0.39 is 11.6 Å². The Kier molecular flexibility index (Phi) is 5.83. The van der Waals surface area contributed by atoms with E-state index in [9.17, 15) is 14.4 Å². The van der Waals surface area contributed by atoms with Crippen molar-refractivity contribution in [3.8, 4) is 11.5 Å². The zero-order chi connectivity index (χ0) is 21.1. The van der Waals surface area contributed by atoms with Crippen LogP contribution in [0.1, 0.15) is 63.5 Å². The third kappa shape index (κ3) is 4.08. The van der Waals surface area contributed by atoms with Crippen molar-refractivity contribution < 1.29 is 23.9 Å². The molecule has 1 saturated carbocycles. The molecule has 4 rings (SSSR count). The maximum Gasteiger partial charge on any atom is 0.325 e. The molecule has 0 aromatic heterocycles. The van der Waals surface area contributed by atoms with Gasteiger partial charge in [0.15, 0.2) is 11.5 Å². The Hall–Kier alpha value is -2.77. The summed E-state index contributed by atoms with van der Waals surface area (Å²) in [5, 5.41) is 5.76. The van der Waals surface area contributed by atoms with Crippen LogP contribution in [-0.2, 0) is 9.59 Å².